The van der Waals surface area contributed by atoms with Gasteiger partial charge in [0.05, 0.1) is 17.8 Å². The molecule has 0 aromatic carbocycles. The summed E-state index contributed by atoms with van der Waals surface area (Å²) in [5.41, 5.74) is 6.15. The normalized spacial score (nSPS) is 21.3. The molecule has 3 N–H and O–H groups in total. The molecule has 0 unspecified atom stereocenters. The van der Waals surface area contributed by atoms with E-state index in [0.29, 0.717) is 13.0 Å². The first-order chi connectivity index (χ1) is 12.1. The summed E-state index contributed by atoms with van der Waals surface area (Å²) in [6, 6.07) is 3.78. The lowest BCUT2D eigenvalue weighted by molar-refractivity contribution is -0.122. The Kier molecular flexibility index (Phi) is 5.89. The molecule has 1 aliphatic carbocycles. The lowest BCUT2D eigenvalue weighted by atomic mass is 9.97. The van der Waals surface area contributed by atoms with Gasteiger partial charge < -0.3 is 16.0 Å². The van der Waals surface area contributed by atoms with Crippen molar-refractivity contribution in [3.63, 3.8) is 0 Å². The van der Waals surface area contributed by atoms with Crippen molar-refractivity contribution < 1.29 is 9.59 Å². The molecule has 2 heterocycles. The predicted molar refractivity (Wildman–Crippen MR) is 98.2 cm³/mol. The number of hydrogen-bond donors (Lipinski definition) is 2. The van der Waals surface area contributed by atoms with E-state index in [0.717, 1.165) is 43.2 Å². The fraction of sp³-hybridized carbons (Fsp3) is 0.632. The van der Waals surface area contributed by atoms with Crippen molar-refractivity contribution in [3.8, 4) is 0 Å². The summed E-state index contributed by atoms with van der Waals surface area (Å²) in [7, 11) is 0. The summed E-state index contributed by atoms with van der Waals surface area (Å²) in [4.78, 5) is 30.0. The van der Waals surface area contributed by atoms with Crippen LogP contribution in [-0.2, 0) is 9.59 Å². The van der Waals surface area contributed by atoms with Crippen molar-refractivity contribution in [1.29, 1.82) is 0 Å². The molecule has 1 atom stereocenters. The van der Waals surface area contributed by atoms with E-state index >= 15 is 0 Å². The number of piperidine rings is 1. The van der Waals surface area contributed by atoms with Crippen LogP contribution in [0.15, 0.2) is 18.3 Å². The molecule has 0 spiro atoms. The molecule has 6 nitrogen and oxygen atoms in total. The van der Waals surface area contributed by atoms with Crippen molar-refractivity contribution in [3.05, 3.63) is 18.3 Å². The molecule has 2 amide bonds. The number of aromatic nitrogens is 1. The highest BCUT2D eigenvalue weighted by Crippen LogP contribution is 2.28. The molecule has 0 bridgehead atoms. The summed E-state index contributed by atoms with van der Waals surface area (Å²) in [6.45, 7) is 1.50. The Balaban J connectivity index is 1.49. The number of amides is 2. The minimum Gasteiger partial charge on any atom is -0.369 e. The number of nitrogens with one attached hydrogen (secondary N) is 1. The lowest BCUT2D eigenvalue weighted by Crippen LogP contribution is -2.41. The van der Waals surface area contributed by atoms with E-state index in [-0.39, 0.29) is 17.7 Å². The minimum absolute atomic E-state index is 0.0632. The van der Waals surface area contributed by atoms with E-state index in [4.69, 9.17) is 5.73 Å². The Morgan fingerprint density at radius 1 is 1.20 bits per heavy atom. The highest BCUT2D eigenvalue weighted by molar-refractivity contribution is 5.90. The fourth-order valence-electron chi connectivity index (χ4n) is 3.92. The SMILES string of the molecule is NC(=O)[C@H]1CCCN(c2ccc(NC(=O)CCC3CCCC3)cn2)C1. The van der Waals surface area contributed by atoms with Crippen LogP contribution in [0.1, 0.15) is 51.4 Å². The third-order valence-electron chi connectivity index (χ3n) is 5.43. The number of nitrogens with zero attached hydrogens (tertiary/aromatic N) is 2. The topological polar surface area (TPSA) is 88.3 Å². The van der Waals surface area contributed by atoms with Crippen LogP contribution in [-0.4, -0.2) is 29.9 Å². The molecule has 1 aromatic rings. The monoisotopic (exact) mass is 344 g/mol. The van der Waals surface area contributed by atoms with Crippen LogP contribution in [0.2, 0.25) is 0 Å². The zero-order chi connectivity index (χ0) is 17.6. The predicted octanol–water partition coefficient (Wildman–Crippen LogP) is 2.69. The molecule has 3 rings (SSSR count). The Labute approximate surface area is 149 Å². The Morgan fingerprint density at radius 2 is 2.00 bits per heavy atom. The van der Waals surface area contributed by atoms with Gasteiger partial charge in [-0.3, -0.25) is 9.59 Å². The molecule has 25 heavy (non-hydrogen) atoms. The van der Waals surface area contributed by atoms with E-state index in [1.54, 1.807) is 6.20 Å². The maximum atomic E-state index is 12.1. The highest BCUT2D eigenvalue weighted by Gasteiger charge is 2.24. The second-order valence-corrected chi connectivity index (χ2v) is 7.33. The number of carbonyl (C=O) groups is 2. The molecule has 1 aromatic heterocycles. The van der Waals surface area contributed by atoms with Gasteiger partial charge in [0.2, 0.25) is 11.8 Å². The largest absolute Gasteiger partial charge is 0.369 e. The van der Waals surface area contributed by atoms with Crippen LogP contribution in [0.5, 0.6) is 0 Å². The van der Waals surface area contributed by atoms with Gasteiger partial charge in [0, 0.05) is 19.5 Å². The van der Waals surface area contributed by atoms with Crippen molar-refractivity contribution in [2.45, 2.75) is 51.4 Å². The van der Waals surface area contributed by atoms with E-state index < -0.39 is 0 Å². The van der Waals surface area contributed by atoms with Crippen LogP contribution >= 0.6 is 0 Å². The van der Waals surface area contributed by atoms with Gasteiger partial charge in [0.15, 0.2) is 0 Å². The summed E-state index contributed by atoms with van der Waals surface area (Å²) >= 11 is 0. The van der Waals surface area contributed by atoms with E-state index in [1.807, 2.05) is 12.1 Å². The van der Waals surface area contributed by atoms with Gasteiger partial charge in [-0.1, -0.05) is 25.7 Å². The molecular weight excluding hydrogens is 316 g/mol. The highest BCUT2D eigenvalue weighted by atomic mass is 16.2. The van der Waals surface area contributed by atoms with Gasteiger partial charge in [-0.05, 0) is 37.3 Å². The van der Waals surface area contributed by atoms with Gasteiger partial charge >= 0.3 is 0 Å². The number of carbonyl (C=O) groups excluding carboxylic acids is 2. The number of rotatable bonds is 6. The third-order valence-corrected chi connectivity index (χ3v) is 5.43. The number of pyridine rings is 1. The smallest absolute Gasteiger partial charge is 0.224 e. The zero-order valence-corrected chi connectivity index (χ0v) is 14.7. The summed E-state index contributed by atoms with van der Waals surface area (Å²) in [6.07, 6.45) is 10.2. The average molecular weight is 344 g/mol. The minimum atomic E-state index is -0.240. The summed E-state index contributed by atoms with van der Waals surface area (Å²) < 4.78 is 0. The number of hydrogen-bond acceptors (Lipinski definition) is 4. The summed E-state index contributed by atoms with van der Waals surface area (Å²) in [5.74, 6) is 1.27. The van der Waals surface area contributed by atoms with Crippen molar-refractivity contribution >= 4 is 23.3 Å². The Bertz CT molecular complexity index is 596. The van der Waals surface area contributed by atoms with Crippen molar-refractivity contribution in [2.24, 2.45) is 17.6 Å². The van der Waals surface area contributed by atoms with Gasteiger partial charge in [-0.2, -0.15) is 0 Å². The zero-order valence-electron chi connectivity index (χ0n) is 14.7. The molecular formula is C19H28N4O2. The molecule has 0 radical (unpaired) electrons. The fourth-order valence-corrected chi connectivity index (χ4v) is 3.92. The molecule has 2 fully saturated rings. The van der Waals surface area contributed by atoms with E-state index in [1.165, 1.54) is 25.7 Å². The lowest BCUT2D eigenvalue weighted by Gasteiger charge is -2.32. The number of nitrogens with two attached hydrogens (primary N) is 1. The van der Waals surface area contributed by atoms with Gasteiger partial charge in [0.1, 0.15) is 5.82 Å². The van der Waals surface area contributed by atoms with Crippen LogP contribution < -0.4 is 16.0 Å². The molecule has 6 heteroatoms. The first-order valence-electron chi connectivity index (χ1n) is 9.42. The van der Waals surface area contributed by atoms with Crippen LogP contribution in [0.4, 0.5) is 11.5 Å². The molecule has 1 saturated heterocycles. The maximum absolute atomic E-state index is 12.1. The van der Waals surface area contributed by atoms with Gasteiger partial charge in [0.25, 0.3) is 0 Å². The first-order valence-corrected chi connectivity index (χ1v) is 9.42. The van der Waals surface area contributed by atoms with E-state index in [2.05, 4.69) is 15.2 Å². The standard InChI is InChI=1S/C19H28N4O2/c20-19(25)15-6-3-11-23(13-15)17-9-8-16(12-21-17)22-18(24)10-7-14-4-1-2-5-14/h8-9,12,14-15H,1-7,10-11,13H2,(H2,20,25)(H,22,24)/t15-/m0/s1. The van der Waals surface area contributed by atoms with Crippen LogP contribution in [0.3, 0.4) is 0 Å². The molecule has 2 aliphatic rings. The van der Waals surface area contributed by atoms with Crippen molar-refractivity contribution in [2.75, 3.05) is 23.3 Å². The van der Waals surface area contributed by atoms with Crippen molar-refractivity contribution in [1.82, 2.24) is 4.98 Å². The number of primary amides is 1. The quantitative estimate of drug-likeness (QED) is 0.830. The number of anilines is 2. The van der Waals surface area contributed by atoms with Crippen LogP contribution in [0.25, 0.3) is 0 Å². The van der Waals surface area contributed by atoms with Gasteiger partial charge in [-0.15, -0.1) is 0 Å². The third kappa shape index (κ3) is 4.94. The van der Waals surface area contributed by atoms with Gasteiger partial charge in [-0.25, -0.2) is 4.98 Å². The summed E-state index contributed by atoms with van der Waals surface area (Å²) in [5, 5.41) is 2.93. The van der Waals surface area contributed by atoms with Crippen LogP contribution in [0, 0.1) is 11.8 Å². The molecule has 1 saturated carbocycles. The molecule has 136 valence electrons. The maximum Gasteiger partial charge on any atom is 0.224 e. The Morgan fingerprint density at radius 3 is 2.68 bits per heavy atom. The van der Waals surface area contributed by atoms with E-state index in [9.17, 15) is 9.59 Å². The second kappa shape index (κ2) is 8.32. The second-order valence-electron chi connectivity index (χ2n) is 7.33. The Hall–Kier alpha value is -2.11. The average Bonchev–Trinajstić information content (AvgIpc) is 3.14. The molecule has 1 aliphatic heterocycles. The first kappa shape index (κ1) is 17.7.